The molecule has 1 aliphatic heterocycles. The van der Waals surface area contributed by atoms with Crippen molar-refractivity contribution in [2.45, 2.75) is 51.8 Å². The second-order valence-electron chi connectivity index (χ2n) is 6.72. The van der Waals surface area contributed by atoms with E-state index in [-0.39, 0.29) is 6.09 Å². The number of carbonyl (C=O) groups is 1. The van der Waals surface area contributed by atoms with Gasteiger partial charge < -0.3 is 20.7 Å². The van der Waals surface area contributed by atoms with E-state index < -0.39 is 5.60 Å². The van der Waals surface area contributed by atoms with Crippen LogP contribution in [0, 0.1) is 0 Å². The molecular weight excluding hydrogens is 278 g/mol. The summed E-state index contributed by atoms with van der Waals surface area (Å²) in [6.45, 7) is 8.17. The molecule has 0 saturated carbocycles. The lowest BCUT2D eigenvalue weighted by molar-refractivity contribution is 0.0523. The van der Waals surface area contributed by atoms with Crippen molar-refractivity contribution in [1.29, 1.82) is 0 Å². The number of hydrogen-bond donors (Lipinski definition) is 3. The second-order valence-corrected chi connectivity index (χ2v) is 6.72. The van der Waals surface area contributed by atoms with Crippen LogP contribution in [0.25, 0.3) is 0 Å². The molecule has 1 saturated heterocycles. The molecule has 0 spiro atoms. The second kappa shape index (κ2) is 7.49. The van der Waals surface area contributed by atoms with Crippen LogP contribution >= 0.6 is 0 Å². The van der Waals surface area contributed by atoms with Crippen molar-refractivity contribution in [3.8, 4) is 0 Å². The summed E-state index contributed by atoms with van der Waals surface area (Å²) in [5.74, 6) is 0. The summed E-state index contributed by atoms with van der Waals surface area (Å²) in [6, 6.07) is 8.69. The summed E-state index contributed by atoms with van der Waals surface area (Å²) >= 11 is 0. The third-order valence-corrected chi connectivity index (χ3v) is 3.47. The minimum Gasteiger partial charge on any atom is -0.444 e. The number of piperidine rings is 1. The highest BCUT2D eigenvalue weighted by Crippen LogP contribution is 2.15. The first-order chi connectivity index (χ1) is 10.4. The van der Waals surface area contributed by atoms with Gasteiger partial charge >= 0.3 is 6.09 Å². The largest absolute Gasteiger partial charge is 0.444 e. The zero-order valence-electron chi connectivity index (χ0n) is 13.7. The van der Waals surface area contributed by atoms with Gasteiger partial charge in [0, 0.05) is 18.3 Å². The molecule has 1 amide bonds. The van der Waals surface area contributed by atoms with E-state index in [1.54, 1.807) is 0 Å². The molecule has 22 heavy (non-hydrogen) atoms. The van der Waals surface area contributed by atoms with Crippen LogP contribution in [0.2, 0.25) is 0 Å². The Hall–Kier alpha value is -1.75. The molecule has 0 atom stereocenters. The smallest absolute Gasteiger partial charge is 0.407 e. The van der Waals surface area contributed by atoms with Crippen molar-refractivity contribution in [1.82, 2.24) is 10.6 Å². The summed E-state index contributed by atoms with van der Waals surface area (Å²) in [4.78, 5) is 11.7. The van der Waals surface area contributed by atoms with Gasteiger partial charge in [-0.1, -0.05) is 12.1 Å². The van der Waals surface area contributed by atoms with E-state index >= 15 is 0 Å². The fourth-order valence-electron chi connectivity index (χ4n) is 2.46. The molecule has 2 rings (SSSR count). The fraction of sp³-hybridized carbons (Fsp3) is 0.588. The van der Waals surface area contributed by atoms with Crippen molar-refractivity contribution in [3.63, 3.8) is 0 Å². The van der Waals surface area contributed by atoms with Crippen molar-refractivity contribution in [2.24, 2.45) is 0 Å². The highest BCUT2D eigenvalue weighted by atomic mass is 16.6. The van der Waals surface area contributed by atoms with Gasteiger partial charge in [-0.05, 0) is 64.4 Å². The lowest BCUT2D eigenvalue weighted by Gasteiger charge is -2.25. The standard InChI is InChI=1S/C17H27N3O2/c1-17(2,3)22-16(21)19-12-13-5-4-6-15(11-13)20-14-7-9-18-10-8-14/h4-6,11,14,18,20H,7-10,12H2,1-3H3,(H,19,21). The number of carbonyl (C=O) groups excluding carboxylic acids is 1. The van der Waals surface area contributed by atoms with Crippen molar-refractivity contribution < 1.29 is 9.53 Å². The SMILES string of the molecule is CC(C)(C)OC(=O)NCc1cccc(NC2CCNCC2)c1. The lowest BCUT2D eigenvalue weighted by atomic mass is 10.1. The van der Waals surface area contributed by atoms with Crippen molar-refractivity contribution in [3.05, 3.63) is 29.8 Å². The maximum absolute atomic E-state index is 11.7. The summed E-state index contributed by atoms with van der Waals surface area (Å²) in [5.41, 5.74) is 1.70. The van der Waals surface area contributed by atoms with Gasteiger partial charge in [0.15, 0.2) is 0 Å². The van der Waals surface area contributed by atoms with Crippen LogP contribution in [0.5, 0.6) is 0 Å². The van der Waals surface area contributed by atoms with Crippen LogP contribution in [-0.2, 0) is 11.3 Å². The van der Waals surface area contributed by atoms with Gasteiger partial charge in [-0.3, -0.25) is 0 Å². The molecule has 122 valence electrons. The number of nitrogens with one attached hydrogen (secondary N) is 3. The number of alkyl carbamates (subject to hydrolysis) is 1. The predicted octanol–water partition coefficient (Wildman–Crippen LogP) is 2.88. The topological polar surface area (TPSA) is 62.4 Å². The first kappa shape index (κ1) is 16.6. The molecule has 1 aromatic rings. The Balaban J connectivity index is 1.84. The molecule has 0 bridgehead atoms. The Kier molecular flexibility index (Phi) is 5.66. The number of rotatable bonds is 4. The number of amides is 1. The Morgan fingerprint density at radius 2 is 2.05 bits per heavy atom. The van der Waals surface area contributed by atoms with Gasteiger partial charge in [0.25, 0.3) is 0 Å². The van der Waals surface area contributed by atoms with Gasteiger partial charge in [-0.15, -0.1) is 0 Å². The quantitative estimate of drug-likeness (QED) is 0.800. The Morgan fingerprint density at radius 1 is 1.32 bits per heavy atom. The Labute approximate surface area is 132 Å². The predicted molar refractivity (Wildman–Crippen MR) is 89.0 cm³/mol. The van der Waals surface area contributed by atoms with Crippen LogP contribution in [0.4, 0.5) is 10.5 Å². The molecule has 1 aliphatic rings. The molecule has 1 heterocycles. The zero-order chi connectivity index (χ0) is 16.0. The third kappa shape index (κ3) is 5.93. The molecule has 0 aliphatic carbocycles. The Bertz CT molecular complexity index is 491. The van der Waals surface area contributed by atoms with E-state index in [2.05, 4.69) is 28.1 Å². The van der Waals surface area contributed by atoms with Gasteiger partial charge in [-0.2, -0.15) is 0 Å². The molecule has 3 N–H and O–H groups in total. The van der Waals surface area contributed by atoms with Crippen molar-refractivity contribution >= 4 is 11.8 Å². The molecule has 0 radical (unpaired) electrons. The van der Waals surface area contributed by atoms with Gasteiger partial charge in [-0.25, -0.2) is 4.79 Å². The maximum Gasteiger partial charge on any atom is 0.407 e. The average Bonchev–Trinajstić information content (AvgIpc) is 2.45. The van der Waals surface area contributed by atoms with Crippen molar-refractivity contribution in [2.75, 3.05) is 18.4 Å². The summed E-state index contributed by atoms with van der Waals surface area (Å²) < 4.78 is 5.24. The summed E-state index contributed by atoms with van der Waals surface area (Å²) in [6.07, 6.45) is 1.89. The molecule has 1 fully saturated rings. The van der Waals surface area contributed by atoms with Crippen LogP contribution in [0.15, 0.2) is 24.3 Å². The van der Waals surface area contributed by atoms with Gasteiger partial charge in [0.2, 0.25) is 0 Å². The van der Waals surface area contributed by atoms with E-state index in [0.29, 0.717) is 12.6 Å². The van der Waals surface area contributed by atoms with E-state index in [0.717, 1.165) is 37.2 Å². The molecule has 5 heteroatoms. The minimum atomic E-state index is -0.470. The van der Waals surface area contributed by atoms with Gasteiger partial charge in [0.1, 0.15) is 5.60 Å². The average molecular weight is 305 g/mol. The molecule has 0 aromatic heterocycles. The maximum atomic E-state index is 11.7. The monoisotopic (exact) mass is 305 g/mol. The first-order valence-electron chi connectivity index (χ1n) is 7.95. The molecular formula is C17H27N3O2. The molecule has 5 nitrogen and oxygen atoms in total. The third-order valence-electron chi connectivity index (χ3n) is 3.47. The molecule has 1 aromatic carbocycles. The lowest BCUT2D eigenvalue weighted by Crippen LogP contribution is -2.35. The van der Waals surface area contributed by atoms with E-state index in [1.165, 1.54) is 0 Å². The highest BCUT2D eigenvalue weighted by molar-refractivity contribution is 5.67. The number of hydrogen-bond acceptors (Lipinski definition) is 4. The zero-order valence-corrected chi connectivity index (χ0v) is 13.7. The number of ether oxygens (including phenoxy) is 1. The van der Waals surface area contributed by atoms with E-state index in [4.69, 9.17) is 4.74 Å². The highest BCUT2D eigenvalue weighted by Gasteiger charge is 2.16. The summed E-state index contributed by atoms with van der Waals surface area (Å²) in [5, 5.41) is 9.71. The normalized spacial score (nSPS) is 16.1. The van der Waals surface area contributed by atoms with Crippen LogP contribution in [-0.4, -0.2) is 30.8 Å². The fourth-order valence-corrected chi connectivity index (χ4v) is 2.46. The van der Waals surface area contributed by atoms with Crippen LogP contribution < -0.4 is 16.0 Å². The first-order valence-corrected chi connectivity index (χ1v) is 7.95. The van der Waals surface area contributed by atoms with Crippen LogP contribution in [0.3, 0.4) is 0 Å². The Morgan fingerprint density at radius 3 is 2.73 bits per heavy atom. The minimum absolute atomic E-state index is 0.385. The van der Waals surface area contributed by atoms with Crippen LogP contribution in [0.1, 0.15) is 39.2 Å². The molecule has 0 unspecified atom stereocenters. The van der Waals surface area contributed by atoms with E-state index in [1.807, 2.05) is 32.9 Å². The number of anilines is 1. The summed E-state index contributed by atoms with van der Waals surface area (Å²) in [7, 11) is 0. The van der Waals surface area contributed by atoms with Gasteiger partial charge in [0.05, 0.1) is 0 Å². The van der Waals surface area contributed by atoms with E-state index in [9.17, 15) is 4.79 Å². The number of benzene rings is 1.